The molecule has 3 heteroatoms. The molecule has 1 heterocycles. The molecule has 0 radical (unpaired) electrons. The van der Waals surface area contributed by atoms with Gasteiger partial charge in [0.2, 0.25) is 0 Å². The first-order chi connectivity index (χ1) is 9.17. The molecule has 102 valence electrons. The van der Waals surface area contributed by atoms with Crippen molar-refractivity contribution in [2.24, 2.45) is 5.73 Å². The van der Waals surface area contributed by atoms with E-state index in [2.05, 4.69) is 66.6 Å². The second-order valence-electron chi connectivity index (χ2n) is 5.15. The van der Waals surface area contributed by atoms with E-state index in [1.807, 2.05) is 0 Å². The Balaban J connectivity index is 1.95. The molecule has 0 aliphatic carbocycles. The minimum atomic E-state index is 0.420. The van der Waals surface area contributed by atoms with Gasteiger partial charge in [0.25, 0.3) is 0 Å². The zero-order chi connectivity index (χ0) is 13.7. The maximum atomic E-state index is 5.37. The lowest BCUT2D eigenvalue weighted by molar-refractivity contribution is 0.263. The zero-order valence-electron chi connectivity index (χ0n) is 11.7. The van der Waals surface area contributed by atoms with E-state index in [4.69, 9.17) is 5.73 Å². The lowest BCUT2D eigenvalue weighted by Gasteiger charge is -2.34. The molecular weight excluding hydrogens is 252 g/mol. The summed E-state index contributed by atoms with van der Waals surface area (Å²) in [7, 11) is 0. The van der Waals surface area contributed by atoms with Crippen molar-refractivity contribution in [1.29, 1.82) is 0 Å². The SMILES string of the molecule is CC1CN(Cc2ccc(C#CCN)cc2)CC(C)S1. The molecule has 1 aromatic rings. The summed E-state index contributed by atoms with van der Waals surface area (Å²) < 4.78 is 0. The van der Waals surface area contributed by atoms with Gasteiger partial charge in [0, 0.05) is 35.7 Å². The maximum Gasteiger partial charge on any atom is 0.0555 e. The van der Waals surface area contributed by atoms with Crippen LogP contribution >= 0.6 is 11.8 Å². The van der Waals surface area contributed by atoms with Gasteiger partial charge in [-0.05, 0) is 17.7 Å². The van der Waals surface area contributed by atoms with E-state index >= 15 is 0 Å². The Labute approximate surface area is 120 Å². The summed E-state index contributed by atoms with van der Waals surface area (Å²) in [5, 5.41) is 1.47. The van der Waals surface area contributed by atoms with E-state index < -0.39 is 0 Å². The summed E-state index contributed by atoms with van der Waals surface area (Å²) in [6.45, 7) is 8.47. The summed E-state index contributed by atoms with van der Waals surface area (Å²) in [6, 6.07) is 8.53. The van der Waals surface area contributed by atoms with Crippen LogP contribution in [0.2, 0.25) is 0 Å². The normalized spacial score (nSPS) is 23.7. The van der Waals surface area contributed by atoms with Gasteiger partial charge in [-0.25, -0.2) is 0 Å². The van der Waals surface area contributed by atoms with Crippen LogP contribution < -0.4 is 5.73 Å². The summed E-state index contributed by atoms with van der Waals surface area (Å²) in [4.78, 5) is 2.55. The fourth-order valence-corrected chi connectivity index (χ4v) is 3.91. The van der Waals surface area contributed by atoms with Crippen LogP contribution in [0.25, 0.3) is 0 Å². The molecule has 0 bridgehead atoms. The van der Waals surface area contributed by atoms with E-state index in [-0.39, 0.29) is 0 Å². The first kappa shape index (κ1) is 14.5. The van der Waals surface area contributed by atoms with Crippen LogP contribution in [-0.4, -0.2) is 35.0 Å². The molecular formula is C16H22N2S. The molecule has 0 spiro atoms. The molecule has 1 aliphatic rings. The third kappa shape index (κ3) is 4.58. The highest BCUT2D eigenvalue weighted by Gasteiger charge is 2.21. The summed E-state index contributed by atoms with van der Waals surface area (Å²) in [5.41, 5.74) is 7.79. The van der Waals surface area contributed by atoms with Crippen LogP contribution in [0.1, 0.15) is 25.0 Å². The molecule has 1 fully saturated rings. The van der Waals surface area contributed by atoms with Gasteiger partial charge in [-0.1, -0.05) is 37.8 Å². The van der Waals surface area contributed by atoms with Crippen molar-refractivity contribution in [3.05, 3.63) is 35.4 Å². The highest BCUT2D eigenvalue weighted by molar-refractivity contribution is 8.00. The third-order valence-electron chi connectivity index (χ3n) is 3.19. The number of benzene rings is 1. The number of rotatable bonds is 2. The van der Waals surface area contributed by atoms with Crippen molar-refractivity contribution in [3.8, 4) is 11.8 Å². The number of thioether (sulfide) groups is 1. The molecule has 2 unspecified atom stereocenters. The molecule has 19 heavy (non-hydrogen) atoms. The van der Waals surface area contributed by atoms with Crippen molar-refractivity contribution >= 4 is 11.8 Å². The van der Waals surface area contributed by atoms with Crippen molar-refractivity contribution in [1.82, 2.24) is 4.90 Å². The molecule has 2 atom stereocenters. The number of nitrogens with two attached hydrogens (primary N) is 1. The standard InChI is InChI=1S/C16H22N2S/c1-13-10-18(11-14(2)19-13)12-16-7-5-15(6-8-16)4-3-9-17/h5-8,13-14H,9-12,17H2,1-2H3. The van der Waals surface area contributed by atoms with Crippen LogP contribution in [0.5, 0.6) is 0 Å². The van der Waals surface area contributed by atoms with Gasteiger partial charge in [0.05, 0.1) is 6.54 Å². The number of hydrogen-bond donors (Lipinski definition) is 1. The van der Waals surface area contributed by atoms with Gasteiger partial charge in [0.1, 0.15) is 0 Å². The molecule has 0 amide bonds. The van der Waals surface area contributed by atoms with Crippen molar-refractivity contribution in [2.75, 3.05) is 19.6 Å². The van der Waals surface area contributed by atoms with Crippen molar-refractivity contribution in [2.45, 2.75) is 30.9 Å². The molecule has 2 nitrogen and oxygen atoms in total. The van der Waals surface area contributed by atoms with E-state index in [1.165, 1.54) is 18.7 Å². The van der Waals surface area contributed by atoms with Crippen LogP contribution in [0.4, 0.5) is 0 Å². The van der Waals surface area contributed by atoms with E-state index in [1.54, 1.807) is 0 Å². The fourth-order valence-electron chi connectivity index (χ4n) is 2.52. The average molecular weight is 274 g/mol. The summed E-state index contributed by atoms with van der Waals surface area (Å²) in [6.07, 6.45) is 0. The van der Waals surface area contributed by atoms with Crippen LogP contribution in [-0.2, 0) is 6.54 Å². The fraction of sp³-hybridized carbons (Fsp3) is 0.500. The van der Waals surface area contributed by atoms with Gasteiger partial charge in [-0.2, -0.15) is 11.8 Å². The Morgan fingerprint density at radius 1 is 1.21 bits per heavy atom. The predicted octanol–water partition coefficient (Wildman–Crippen LogP) is 2.32. The van der Waals surface area contributed by atoms with Gasteiger partial charge in [-0.3, -0.25) is 4.90 Å². The molecule has 0 aromatic heterocycles. The van der Waals surface area contributed by atoms with Gasteiger partial charge >= 0.3 is 0 Å². The minimum absolute atomic E-state index is 0.420. The van der Waals surface area contributed by atoms with Crippen LogP contribution in [0.15, 0.2) is 24.3 Å². The Morgan fingerprint density at radius 2 is 1.84 bits per heavy atom. The Kier molecular flexibility index (Phi) is 5.33. The van der Waals surface area contributed by atoms with Gasteiger partial charge in [0.15, 0.2) is 0 Å². The molecule has 1 saturated heterocycles. The van der Waals surface area contributed by atoms with Crippen LogP contribution in [0, 0.1) is 11.8 Å². The Morgan fingerprint density at radius 3 is 2.42 bits per heavy atom. The van der Waals surface area contributed by atoms with E-state index in [0.29, 0.717) is 6.54 Å². The smallest absolute Gasteiger partial charge is 0.0555 e. The second-order valence-corrected chi connectivity index (χ2v) is 7.04. The monoisotopic (exact) mass is 274 g/mol. The van der Waals surface area contributed by atoms with E-state index in [0.717, 1.165) is 22.6 Å². The third-order valence-corrected chi connectivity index (χ3v) is 4.42. The Bertz CT molecular complexity index is 448. The quantitative estimate of drug-likeness (QED) is 0.839. The summed E-state index contributed by atoms with van der Waals surface area (Å²) in [5.74, 6) is 5.94. The van der Waals surface area contributed by atoms with E-state index in [9.17, 15) is 0 Å². The first-order valence-corrected chi connectivity index (χ1v) is 7.77. The zero-order valence-corrected chi connectivity index (χ0v) is 12.5. The maximum absolute atomic E-state index is 5.37. The summed E-state index contributed by atoms with van der Waals surface area (Å²) >= 11 is 2.10. The molecule has 1 aromatic carbocycles. The van der Waals surface area contributed by atoms with Gasteiger partial charge < -0.3 is 5.73 Å². The largest absolute Gasteiger partial charge is 0.320 e. The molecule has 2 N–H and O–H groups in total. The lowest BCUT2D eigenvalue weighted by atomic mass is 10.1. The highest BCUT2D eigenvalue weighted by Crippen LogP contribution is 2.25. The van der Waals surface area contributed by atoms with Gasteiger partial charge in [-0.15, -0.1) is 0 Å². The predicted molar refractivity (Wildman–Crippen MR) is 84.2 cm³/mol. The first-order valence-electron chi connectivity index (χ1n) is 6.83. The highest BCUT2D eigenvalue weighted by atomic mass is 32.2. The average Bonchev–Trinajstić information content (AvgIpc) is 2.37. The Hall–Kier alpha value is -0.950. The number of nitrogens with zero attached hydrogens (tertiary/aromatic N) is 1. The number of hydrogen-bond acceptors (Lipinski definition) is 3. The van der Waals surface area contributed by atoms with Crippen molar-refractivity contribution in [3.63, 3.8) is 0 Å². The molecule has 2 rings (SSSR count). The topological polar surface area (TPSA) is 29.3 Å². The lowest BCUT2D eigenvalue weighted by Crippen LogP contribution is -2.39. The van der Waals surface area contributed by atoms with Crippen LogP contribution in [0.3, 0.4) is 0 Å². The molecule has 0 saturated carbocycles. The second kappa shape index (κ2) is 7.00. The minimum Gasteiger partial charge on any atom is -0.320 e. The molecule has 1 aliphatic heterocycles. The van der Waals surface area contributed by atoms with Crippen molar-refractivity contribution < 1.29 is 0 Å².